The van der Waals surface area contributed by atoms with Crippen LogP contribution < -0.4 is 5.73 Å². The molecule has 0 aliphatic rings. The van der Waals surface area contributed by atoms with Crippen molar-refractivity contribution >= 4 is 15.9 Å². The predicted molar refractivity (Wildman–Crippen MR) is 88.2 cm³/mol. The smallest absolute Gasteiger partial charge is 0.0975 e. The van der Waals surface area contributed by atoms with Crippen LogP contribution in [0, 0.1) is 0 Å². The number of hydrogen-bond donors (Lipinski definition) is 1. The number of nitrogens with two attached hydrogens (primary N) is 1. The van der Waals surface area contributed by atoms with Gasteiger partial charge in [0.25, 0.3) is 0 Å². The van der Waals surface area contributed by atoms with Gasteiger partial charge >= 0.3 is 0 Å². The molecule has 2 N–H and O–H groups in total. The molecule has 0 saturated heterocycles. The molecular formula is C16H22BrN3O. The van der Waals surface area contributed by atoms with Gasteiger partial charge in [0.1, 0.15) is 0 Å². The lowest BCUT2D eigenvalue weighted by Gasteiger charge is -2.23. The third-order valence-corrected chi connectivity index (χ3v) is 4.62. The van der Waals surface area contributed by atoms with Crippen molar-refractivity contribution in [2.24, 2.45) is 12.8 Å². The molecule has 4 nitrogen and oxygen atoms in total. The van der Waals surface area contributed by atoms with Crippen molar-refractivity contribution in [2.75, 3.05) is 7.11 Å². The van der Waals surface area contributed by atoms with Crippen molar-refractivity contribution in [1.82, 2.24) is 9.78 Å². The lowest BCUT2D eigenvalue weighted by atomic mass is 9.99. The molecule has 0 aliphatic carbocycles. The first-order chi connectivity index (χ1) is 10.1. The highest BCUT2D eigenvalue weighted by Gasteiger charge is 2.23. The summed E-state index contributed by atoms with van der Waals surface area (Å²) in [5.41, 5.74) is 9.66. The van der Waals surface area contributed by atoms with Crippen LogP contribution in [0.2, 0.25) is 0 Å². The van der Waals surface area contributed by atoms with Gasteiger partial charge in [-0.15, -0.1) is 0 Å². The van der Waals surface area contributed by atoms with E-state index in [1.165, 1.54) is 0 Å². The summed E-state index contributed by atoms with van der Waals surface area (Å²) in [5, 5.41) is 4.51. The van der Waals surface area contributed by atoms with Gasteiger partial charge in [0.15, 0.2) is 0 Å². The quantitative estimate of drug-likeness (QED) is 0.870. The van der Waals surface area contributed by atoms with Crippen LogP contribution in [-0.2, 0) is 24.6 Å². The highest BCUT2D eigenvalue weighted by molar-refractivity contribution is 9.10. The van der Waals surface area contributed by atoms with Crippen LogP contribution in [0.3, 0.4) is 0 Å². The number of methoxy groups -OCH3 is 1. The van der Waals surface area contributed by atoms with Crippen molar-refractivity contribution < 1.29 is 4.74 Å². The van der Waals surface area contributed by atoms with Gasteiger partial charge in [0, 0.05) is 26.6 Å². The summed E-state index contributed by atoms with van der Waals surface area (Å²) >= 11 is 3.64. The molecule has 0 amide bonds. The van der Waals surface area contributed by atoms with Gasteiger partial charge in [0.05, 0.1) is 22.0 Å². The normalized spacial score (nSPS) is 14.1. The summed E-state index contributed by atoms with van der Waals surface area (Å²) in [6, 6.07) is 9.96. The molecular weight excluding hydrogens is 330 g/mol. The van der Waals surface area contributed by atoms with E-state index >= 15 is 0 Å². The van der Waals surface area contributed by atoms with Crippen LogP contribution in [0.15, 0.2) is 34.8 Å². The summed E-state index contributed by atoms with van der Waals surface area (Å²) in [7, 11) is 3.66. The van der Waals surface area contributed by atoms with Crippen LogP contribution in [0.25, 0.3) is 0 Å². The van der Waals surface area contributed by atoms with E-state index in [0.717, 1.165) is 27.8 Å². The number of rotatable bonds is 6. The van der Waals surface area contributed by atoms with E-state index in [2.05, 4.69) is 28.0 Å². The third-order valence-electron chi connectivity index (χ3n) is 3.70. The van der Waals surface area contributed by atoms with E-state index in [9.17, 15) is 0 Å². The molecule has 2 aromatic rings. The summed E-state index contributed by atoms with van der Waals surface area (Å²) < 4.78 is 8.58. The van der Waals surface area contributed by atoms with Crippen LogP contribution >= 0.6 is 15.9 Å². The zero-order valence-corrected chi connectivity index (χ0v) is 14.3. The van der Waals surface area contributed by atoms with Crippen molar-refractivity contribution in [1.29, 1.82) is 0 Å². The molecule has 1 aromatic heterocycles. The number of aromatic nitrogens is 2. The number of halogens is 1. The second-order valence-corrected chi connectivity index (χ2v) is 5.91. The Bertz CT molecular complexity index is 583. The molecule has 2 unspecified atom stereocenters. The maximum Gasteiger partial charge on any atom is 0.0975 e. The van der Waals surface area contributed by atoms with Gasteiger partial charge in [0.2, 0.25) is 0 Å². The van der Waals surface area contributed by atoms with Gasteiger partial charge < -0.3 is 10.5 Å². The standard InChI is InChI=1S/C16H22BrN3O/c1-4-13-15(17)14(20(2)19-13)10-12(18)16(21-3)11-8-6-5-7-9-11/h5-9,12,16H,4,10,18H2,1-3H3. The van der Waals surface area contributed by atoms with E-state index in [4.69, 9.17) is 10.5 Å². The van der Waals surface area contributed by atoms with Crippen molar-refractivity contribution in [3.05, 3.63) is 51.8 Å². The topological polar surface area (TPSA) is 53.1 Å². The molecule has 5 heteroatoms. The monoisotopic (exact) mass is 351 g/mol. The highest BCUT2D eigenvalue weighted by Crippen LogP contribution is 2.26. The molecule has 0 bridgehead atoms. The molecule has 2 rings (SSSR count). The second kappa shape index (κ2) is 7.20. The van der Waals surface area contributed by atoms with Crippen LogP contribution in [0.1, 0.15) is 30.0 Å². The first-order valence-electron chi connectivity index (χ1n) is 7.12. The maximum atomic E-state index is 6.39. The minimum absolute atomic E-state index is 0.127. The Balaban J connectivity index is 2.20. The fraction of sp³-hybridized carbons (Fsp3) is 0.438. The van der Waals surface area contributed by atoms with Crippen molar-refractivity contribution in [2.45, 2.75) is 31.9 Å². The van der Waals surface area contributed by atoms with Gasteiger partial charge in [-0.2, -0.15) is 5.10 Å². The lowest BCUT2D eigenvalue weighted by Crippen LogP contribution is -2.32. The third kappa shape index (κ3) is 3.54. The minimum atomic E-state index is -0.131. The summed E-state index contributed by atoms with van der Waals surface area (Å²) in [4.78, 5) is 0. The Morgan fingerprint density at radius 3 is 2.52 bits per heavy atom. The van der Waals surface area contributed by atoms with E-state index in [0.29, 0.717) is 6.42 Å². The van der Waals surface area contributed by atoms with Crippen LogP contribution in [0.5, 0.6) is 0 Å². The highest BCUT2D eigenvalue weighted by atomic mass is 79.9. The van der Waals surface area contributed by atoms with E-state index in [1.54, 1.807) is 7.11 Å². The van der Waals surface area contributed by atoms with E-state index < -0.39 is 0 Å². The van der Waals surface area contributed by atoms with E-state index in [1.807, 2.05) is 42.1 Å². The maximum absolute atomic E-state index is 6.39. The number of aryl methyl sites for hydroxylation is 2. The summed E-state index contributed by atoms with van der Waals surface area (Å²) in [5.74, 6) is 0. The average Bonchev–Trinajstić information content (AvgIpc) is 2.76. The number of nitrogens with zero attached hydrogens (tertiary/aromatic N) is 2. The SMILES string of the molecule is CCc1nn(C)c(CC(N)C(OC)c2ccccc2)c1Br. The summed E-state index contributed by atoms with van der Waals surface area (Å²) in [6.07, 6.45) is 1.48. The van der Waals surface area contributed by atoms with Gasteiger partial charge in [-0.3, -0.25) is 4.68 Å². The Hall–Kier alpha value is -1.17. The summed E-state index contributed by atoms with van der Waals surface area (Å²) in [6.45, 7) is 2.10. The van der Waals surface area contributed by atoms with Gasteiger partial charge in [-0.05, 0) is 27.9 Å². The zero-order valence-electron chi connectivity index (χ0n) is 12.7. The molecule has 114 valence electrons. The molecule has 0 saturated carbocycles. The van der Waals surface area contributed by atoms with Crippen LogP contribution in [0.4, 0.5) is 0 Å². The van der Waals surface area contributed by atoms with Crippen molar-refractivity contribution in [3.8, 4) is 0 Å². The molecule has 0 spiro atoms. The van der Waals surface area contributed by atoms with Gasteiger partial charge in [-0.1, -0.05) is 37.3 Å². The van der Waals surface area contributed by atoms with E-state index in [-0.39, 0.29) is 12.1 Å². The Morgan fingerprint density at radius 1 is 1.33 bits per heavy atom. The number of hydrogen-bond acceptors (Lipinski definition) is 3. The zero-order chi connectivity index (χ0) is 15.4. The molecule has 1 heterocycles. The predicted octanol–water partition coefficient (Wildman–Crippen LogP) is 3.00. The molecule has 21 heavy (non-hydrogen) atoms. The Kier molecular flexibility index (Phi) is 5.56. The lowest BCUT2D eigenvalue weighted by molar-refractivity contribution is 0.0797. The minimum Gasteiger partial charge on any atom is -0.375 e. The first-order valence-corrected chi connectivity index (χ1v) is 7.91. The van der Waals surface area contributed by atoms with Crippen LogP contribution in [-0.4, -0.2) is 22.9 Å². The van der Waals surface area contributed by atoms with Gasteiger partial charge in [-0.25, -0.2) is 0 Å². The molecule has 0 fully saturated rings. The molecule has 1 aromatic carbocycles. The molecule has 2 atom stereocenters. The largest absolute Gasteiger partial charge is 0.375 e. The fourth-order valence-electron chi connectivity index (χ4n) is 2.57. The van der Waals surface area contributed by atoms with Crippen molar-refractivity contribution in [3.63, 3.8) is 0 Å². The Labute approximate surface area is 134 Å². The molecule has 0 aliphatic heterocycles. The second-order valence-electron chi connectivity index (χ2n) is 5.12. The number of ether oxygens (including phenoxy) is 1. The molecule has 0 radical (unpaired) electrons. The Morgan fingerprint density at radius 2 is 2.00 bits per heavy atom. The first kappa shape index (κ1) is 16.2. The fourth-order valence-corrected chi connectivity index (χ4v) is 3.35. The average molecular weight is 352 g/mol. The number of benzene rings is 1.